The molecule has 0 heterocycles. The first-order valence-electron chi connectivity index (χ1n) is 5.66. The van der Waals surface area contributed by atoms with Gasteiger partial charge in [0.2, 0.25) is 5.91 Å². The van der Waals surface area contributed by atoms with Crippen molar-refractivity contribution in [3.63, 3.8) is 0 Å². The van der Waals surface area contributed by atoms with Crippen LogP contribution >= 0.6 is 0 Å². The number of nitrogens with two attached hydrogens (primary N) is 1. The SMILES string of the molecule is CCCCC(=O)N(C)C(CN)C1CC1. The third-order valence-electron chi connectivity index (χ3n) is 3.04. The van der Waals surface area contributed by atoms with Crippen molar-refractivity contribution in [2.75, 3.05) is 13.6 Å². The second-order valence-corrected chi connectivity index (χ2v) is 4.25. The van der Waals surface area contributed by atoms with E-state index in [1.54, 1.807) is 0 Å². The molecule has 0 aromatic heterocycles. The molecule has 0 aliphatic heterocycles. The lowest BCUT2D eigenvalue weighted by molar-refractivity contribution is -0.132. The molecule has 1 atom stereocenters. The summed E-state index contributed by atoms with van der Waals surface area (Å²) in [7, 11) is 1.90. The van der Waals surface area contributed by atoms with Crippen molar-refractivity contribution in [3.8, 4) is 0 Å². The number of rotatable bonds is 6. The number of unbranched alkanes of at least 4 members (excludes halogenated alkanes) is 1. The fourth-order valence-corrected chi connectivity index (χ4v) is 1.84. The maximum absolute atomic E-state index is 11.7. The minimum Gasteiger partial charge on any atom is -0.341 e. The second kappa shape index (κ2) is 5.35. The molecule has 2 N–H and O–H groups in total. The zero-order chi connectivity index (χ0) is 10.6. The highest BCUT2D eigenvalue weighted by Gasteiger charge is 2.34. The molecular weight excluding hydrogens is 176 g/mol. The molecule has 1 fully saturated rings. The van der Waals surface area contributed by atoms with E-state index in [4.69, 9.17) is 5.73 Å². The molecule has 3 heteroatoms. The molecule has 1 unspecified atom stereocenters. The summed E-state index contributed by atoms with van der Waals surface area (Å²) in [6.07, 6.45) is 5.23. The number of hydrogen-bond donors (Lipinski definition) is 1. The molecule has 1 saturated carbocycles. The van der Waals surface area contributed by atoms with E-state index < -0.39 is 0 Å². The van der Waals surface area contributed by atoms with Crippen LogP contribution < -0.4 is 5.73 Å². The number of likely N-dealkylation sites (N-methyl/N-ethyl adjacent to an activating group) is 1. The second-order valence-electron chi connectivity index (χ2n) is 4.25. The van der Waals surface area contributed by atoms with Gasteiger partial charge in [0.25, 0.3) is 0 Å². The van der Waals surface area contributed by atoms with Gasteiger partial charge in [-0.25, -0.2) is 0 Å². The number of carbonyl (C=O) groups excluding carboxylic acids is 1. The van der Waals surface area contributed by atoms with Crippen LogP contribution in [0.5, 0.6) is 0 Å². The molecule has 82 valence electrons. The summed E-state index contributed by atoms with van der Waals surface area (Å²) < 4.78 is 0. The summed E-state index contributed by atoms with van der Waals surface area (Å²) in [6, 6.07) is 0.291. The highest BCUT2D eigenvalue weighted by molar-refractivity contribution is 5.76. The molecule has 0 aromatic rings. The standard InChI is InChI=1S/C11H22N2O/c1-3-4-5-11(14)13(2)10(8-12)9-6-7-9/h9-10H,3-8,12H2,1-2H3. The fourth-order valence-electron chi connectivity index (χ4n) is 1.84. The van der Waals surface area contributed by atoms with Gasteiger partial charge in [0.05, 0.1) is 0 Å². The molecule has 1 aliphatic rings. The van der Waals surface area contributed by atoms with E-state index in [-0.39, 0.29) is 5.91 Å². The number of amides is 1. The number of carbonyl (C=O) groups is 1. The molecule has 1 amide bonds. The highest BCUT2D eigenvalue weighted by atomic mass is 16.2. The smallest absolute Gasteiger partial charge is 0.222 e. The summed E-state index contributed by atoms with van der Waals surface area (Å²) in [5.41, 5.74) is 5.69. The van der Waals surface area contributed by atoms with Crippen molar-refractivity contribution in [2.24, 2.45) is 11.7 Å². The molecule has 0 aromatic carbocycles. The summed E-state index contributed by atoms with van der Waals surface area (Å²) in [6.45, 7) is 2.72. The van der Waals surface area contributed by atoms with Gasteiger partial charge in [0, 0.05) is 26.1 Å². The topological polar surface area (TPSA) is 46.3 Å². The minimum absolute atomic E-state index is 0.259. The third-order valence-corrected chi connectivity index (χ3v) is 3.04. The molecule has 0 saturated heterocycles. The monoisotopic (exact) mass is 198 g/mol. The predicted molar refractivity (Wildman–Crippen MR) is 57.9 cm³/mol. The summed E-state index contributed by atoms with van der Waals surface area (Å²) in [5.74, 6) is 0.935. The van der Waals surface area contributed by atoms with Gasteiger partial charge < -0.3 is 10.6 Å². The maximum Gasteiger partial charge on any atom is 0.222 e. The van der Waals surface area contributed by atoms with Crippen LogP contribution in [0.25, 0.3) is 0 Å². The lowest BCUT2D eigenvalue weighted by Crippen LogP contribution is -2.43. The van der Waals surface area contributed by atoms with Crippen LogP contribution in [0.1, 0.15) is 39.0 Å². The largest absolute Gasteiger partial charge is 0.341 e. The Morgan fingerprint density at radius 2 is 2.21 bits per heavy atom. The Balaban J connectivity index is 2.36. The van der Waals surface area contributed by atoms with Gasteiger partial charge in [-0.3, -0.25) is 4.79 Å². The van der Waals surface area contributed by atoms with E-state index in [0.29, 0.717) is 24.9 Å². The quantitative estimate of drug-likeness (QED) is 0.700. The average molecular weight is 198 g/mol. The van der Waals surface area contributed by atoms with Crippen molar-refractivity contribution in [1.29, 1.82) is 0 Å². The van der Waals surface area contributed by atoms with E-state index in [2.05, 4.69) is 6.92 Å². The lowest BCUT2D eigenvalue weighted by Gasteiger charge is -2.27. The first kappa shape index (κ1) is 11.5. The first-order valence-corrected chi connectivity index (χ1v) is 5.66. The number of hydrogen-bond acceptors (Lipinski definition) is 2. The molecule has 3 nitrogen and oxygen atoms in total. The zero-order valence-corrected chi connectivity index (χ0v) is 9.33. The van der Waals surface area contributed by atoms with Crippen LogP contribution in [0.15, 0.2) is 0 Å². The Morgan fingerprint density at radius 3 is 2.64 bits per heavy atom. The molecular formula is C11H22N2O. The van der Waals surface area contributed by atoms with Crippen LogP contribution in [-0.2, 0) is 4.79 Å². The van der Waals surface area contributed by atoms with Crippen molar-refractivity contribution < 1.29 is 4.79 Å². The highest BCUT2D eigenvalue weighted by Crippen LogP contribution is 2.34. The summed E-state index contributed by atoms with van der Waals surface area (Å²) in [4.78, 5) is 13.6. The van der Waals surface area contributed by atoms with Gasteiger partial charge in [-0.1, -0.05) is 13.3 Å². The Morgan fingerprint density at radius 1 is 1.57 bits per heavy atom. The fraction of sp³-hybridized carbons (Fsp3) is 0.909. The van der Waals surface area contributed by atoms with Crippen LogP contribution in [0.3, 0.4) is 0 Å². The molecule has 14 heavy (non-hydrogen) atoms. The van der Waals surface area contributed by atoms with Gasteiger partial charge in [-0.05, 0) is 25.2 Å². The normalized spacial score (nSPS) is 17.9. The Kier molecular flexibility index (Phi) is 4.39. The van der Waals surface area contributed by atoms with Gasteiger partial charge in [0.1, 0.15) is 0 Å². The molecule has 1 rings (SSSR count). The maximum atomic E-state index is 11.7. The zero-order valence-electron chi connectivity index (χ0n) is 9.33. The molecule has 0 radical (unpaired) electrons. The Bertz CT molecular complexity index is 190. The summed E-state index contributed by atoms with van der Waals surface area (Å²) in [5, 5.41) is 0. The van der Waals surface area contributed by atoms with Crippen molar-refractivity contribution in [3.05, 3.63) is 0 Å². The van der Waals surface area contributed by atoms with E-state index in [1.807, 2.05) is 11.9 Å². The van der Waals surface area contributed by atoms with Crippen LogP contribution in [0, 0.1) is 5.92 Å². The van der Waals surface area contributed by atoms with Crippen molar-refractivity contribution in [1.82, 2.24) is 4.90 Å². The summed E-state index contributed by atoms with van der Waals surface area (Å²) >= 11 is 0. The van der Waals surface area contributed by atoms with E-state index in [9.17, 15) is 4.79 Å². The lowest BCUT2D eigenvalue weighted by atomic mass is 10.1. The molecule has 0 spiro atoms. The van der Waals surface area contributed by atoms with Gasteiger partial charge in [0.15, 0.2) is 0 Å². The van der Waals surface area contributed by atoms with E-state index in [0.717, 1.165) is 12.8 Å². The van der Waals surface area contributed by atoms with Gasteiger partial charge in [-0.15, -0.1) is 0 Å². The Hall–Kier alpha value is -0.570. The van der Waals surface area contributed by atoms with Crippen molar-refractivity contribution in [2.45, 2.75) is 45.1 Å². The predicted octanol–water partition coefficient (Wildman–Crippen LogP) is 1.37. The Labute approximate surface area is 86.6 Å². The third kappa shape index (κ3) is 2.98. The van der Waals surface area contributed by atoms with Crippen molar-refractivity contribution >= 4 is 5.91 Å². The first-order chi connectivity index (χ1) is 6.70. The van der Waals surface area contributed by atoms with Gasteiger partial charge in [-0.2, -0.15) is 0 Å². The van der Waals surface area contributed by atoms with Crippen LogP contribution in [0.2, 0.25) is 0 Å². The van der Waals surface area contributed by atoms with E-state index >= 15 is 0 Å². The van der Waals surface area contributed by atoms with E-state index in [1.165, 1.54) is 12.8 Å². The average Bonchev–Trinajstić information content (AvgIpc) is 2.99. The van der Waals surface area contributed by atoms with Crippen LogP contribution in [-0.4, -0.2) is 30.4 Å². The van der Waals surface area contributed by atoms with Gasteiger partial charge >= 0.3 is 0 Å². The minimum atomic E-state index is 0.259. The van der Waals surface area contributed by atoms with Crippen LogP contribution in [0.4, 0.5) is 0 Å². The molecule has 0 bridgehead atoms. The number of nitrogens with zero attached hydrogens (tertiary/aromatic N) is 1. The molecule has 1 aliphatic carbocycles.